The molecule has 2 aromatic rings. The Kier molecular flexibility index (Phi) is 7.50. The zero-order valence-electron chi connectivity index (χ0n) is 14.4. The quantitative estimate of drug-likeness (QED) is 0.732. The van der Waals surface area contributed by atoms with Gasteiger partial charge in [-0.25, -0.2) is 9.78 Å². The molecule has 2 rings (SSSR count). The summed E-state index contributed by atoms with van der Waals surface area (Å²) in [6, 6.07) is 10.9. The van der Waals surface area contributed by atoms with Gasteiger partial charge in [0, 0.05) is 44.5 Å². The Bertz CT molecular complexity index is 680. The lowest BCUT2D eigenvalue weighted by Crippen LogP contribution is -2.36. The second-order valence-electron chi connectivity index (χ2n) is 5.45. The standard InChI is InChI=1S/C18H22ClN3O3/c1-22(13-15-5-3-4-6-16(15)19)18(23)21-12-14-7-8-17(20-11-14)25-10-9-24-2/h3-8,11H,9-10,12-13H2,1-2H3,(H,21,23). The molecule has 0 radical (unpaired) electrons. The minimum atomic E-state index is -0.180. The van der Waals surface area contributed by atoms with E-state index in [1.807, 2.05) is 30.3 Å². The predicted molar refractivity (Wildman–Crippen MR) is 96.8 cm³/mol. The fraction of sp³-hybridized carbons (Fsp3) is 0.333. The second-order valence-corrected chi connectivity index (χ2v) is 5.86. The Labute approximate surface area is 152 Å². The molecule has 7 heteroatoms. The predicted octanol–water partition coefficient (Wildman–Crippen LogP) is 3.10. The fourth-order valence-electron chi connectivity index (χ4n) is 2.10. The van der Waals surface area contributed by atoms with E-state index in [-0.39, 0.29) is 6.03 Å². The van der Waals surface area contributed by atoms with E-state index in [0.29, 0.717) is 37.2 Å². The number of nitrogens with zero attached hydrogens (tertiary/aromatic N) is 2. The van der Waals surface area contributed by atoms with Crippen LogP contribution in [0.4, 0.5) is 4.79 Å². The maximum absolute atomic E-state index is 12.2. The van der Waals surface area contributed by atoms with E-state index < -0.39 is 0 Å². The molecular weight excluding hydrogens is 342 g/mol. The summed E-state index contributed by atoms with van der Waals surface area (Å²) in [5.41, 5.74) is 1.79. The third-order valence-corrected chi connectivity index (χ3v) is 3.86. The number of ether oxygens (including phenoxy) is 2. The van der Waals surface area contributed by atoms with Crippen molar-refractivity contribution in [1.29, 1.82) is 0 Å². The molecule has 1 aromatic heterocycles. The van der Waals surface area contributed by atoms with Gasteiger partial charge in [-0.3, -0.25) is 0 Å². The van der Waals surface area contributed by atoms with Crippen molar-refractivity contribution < 1.29 is 14.3 Å². The SMILES string of the molecule is COCCOc1ccc(CNC(=O)N(C)Cc2ccccc2Cl)cn1. The first-order valence-corrected chi connectivity index (χ1v) is 8.27. The fourth-order valence-corrected chi connectivity index (χ4v) is 2.29. The smallest absolute Gasteiger partial charge is 0.317 e. The van der Waals surface area contributed by atoms with Crippen LogP contribution in [0.3, 0.4) is 0 Å². The number of urea groups is 1. The number of hydrogen-bond donors (Lipinski definition) is 1. The van der Waals surface area contributed by atoms with Gasteiger partial charge in [-0.15, -0.1) is 0 Å². The molecule has 2 amide bonds. The number of amides is 2. The summed E-state index contributed by atoms with van der Waals surface area (Å²) in [5.74, 6) is 0.531. The van der Waals surface area contributed by atoms with Gasteiger partial charge in [0.25, 0.3) is 0 Å². The molecule has 1 N–H and O–H groups in total. The lowest BCUT2D eigenvalue weighted by Gasteiger charge is -2.18. The van der Waals surface area contributed by atoms with Crippen LogP contribution in [0.5, 0.6) is 5.88 Å². The molecule has 25 heavy (non-hydrogen) atoms. The highest BCUT2D eigenvalue weighted by Crippen LogP contribution is 2.16. The van der Waals surface area contributed by atoms with E-state index in [0.717, 1.165) is 11.1 Å². The van der Waals surface area contributed by atoms with E-state index in [1.54, 1.807) is 31.3 Å². The van der Waals surface area contributed by atoms with Gasteiger partial charge in [-0.2, -0.15) is 0 Å². The van der Waals surface area contributed by atoms with Crippen LogP contribution in [-0.4, -0.2) is 43.3 Å². The van der Waals surface area contributed by atoms with E-state index >= 15 is 0 Å². The Morgan fingerprint density at radius 2 is 2.04 bits per heavy atom. The van der Waals surface area contributed by atoms with Crippen LogP contribution in [-0.2, 0) is 17.8 Å². The average molecular weight is 364 g/mol. The van der Waals surface area contributed by atoms with Gasteiger partial charge in [0.15, 0.2) is 0 Å². The number of carbonyl (C=O) groups excluding carboxylic acids is 1. The van der Waals surface area contributed by atoms with Gasteiger partial charge in [0.05, 0.1) is 6.61 Å². The maximum Gasteiger partial charge on any atom is 0.317 e. The number of halogens is 1. The van der Waals surface area contributed by atoms with Gasteiger partial charge in [-0.05, 0) is 17.2 Å². The van der Waals surface area contributed by atoms with Crippen molar-refractivity contribution in [3.8, 4) is 5.88 Å². The van der Waals surface area contributed by atoms with Crippen molar-refractivity contribution in [2.45, 2.75) is 13.1 Å². The number of benzene rings is 1. The number of methoxy groups -OCH3 is 1. The van der Waals surface area contributed by atoms with Crippen molar-refractivity contribution >= 4 is 17.6 Å². The van der Waals surface area contributed by atoms with Gasteiger partial charge in [0.2, 0.25) is 5.88 Å². The Morgan fingerprint density at radius 1 is 1.24 bits per heavy atom. The van der Waals surface area contributed by atoms with Crippen LogP contribution in [0.25, 0.3) is 0 Å². The number of carbonyl (C=O) groups is 1. The minimum absolute atomic E-state index is 0.180. The highest BCUT2D eigenvalue weighted by atomic mass is 35.5. The Balaban J connectivity index is 1.80. The third kappa shape index (κ3) is 6.25. The molecule has 0 aliphatic heterocycles. The van der Waals surface area contributed by atoms with Crippen LogP contribution >= 0.6 is 11.6 Å². The van der Waals surface area contributed by atoms with Crippen molar-refractivity contribution in [3.63, 3.8) is 0 Å². The summed E-state index contributed by atoms with van der Waals surface area (Å²) in [6.07, 6.45) is 1.68. The third-order valence-electron chi connectivity index (χ3n) is 3.49. The summed E-state index contributed by atoms with van der Waals surface area (Å²) < 4.78 is 10.3. The molecular formula is C18H22ClN3O3. The largest absolute Gasteiger partial charge is 0.475 e. The summed E-state index contributed by atoms with van der Waals surface area (Å²) in [6.45, 7) is 1.79. The molecule has 0 fully saturated rings. The lowest BCUT2D eigenvalue weighted by atomic mass is 10.2. The van der Waals surface area contributed by atoms with Crippen LogP contribution in [0, 0.1) is 0 Å². The van der Waals surface area contributed by atoms with Gasteiger partial charge < -0.3 is 19.7 Å². The summed E-state index contributed by atoms with van der Waals surface area (Å²) in [7, 11) is 3.34. The first kappa shape index (κ1) is 19.0. The molecule has 0 unspecified atom stereocenters. The molecule has 6 nitrogen and oxygen atoms in total. The lowest BCUT2D eigenvalue weighted by molar-refractivity contribution is 0.143. The highest BCUT2D eigenvalue weighted by Gasteiger charge is 2.10. The van der Waals surface area contributed by atoms with Crippen LogP contribution in [0.1, 0.15) is 11.1 Å². The van der Waals surface area contributed by atoms with Gasteiger partial charge >= 0.3 is 6.03 Å². The average Bonchev–Trinajstić information content (AvgIpc) is 2.63. The Morgan fingerprint density at radius 3 is 2.72 bits per heavy atom. The zero-order chi connectivity index (χ0) is 18.1. The van der Waals surface area contributed by atoms with Crippen molar-refractivity contribution in [2.24, 2.45) is 0 Å². The minimum Gasteiger partial charge on any atom is -0.475 e. The summed E-state index contributed by atoms with van der Waals surface area (Å²) >= 11 is 6.12. The molecule has 0 bridgehead atoms. The van der Waals surface area contributed by atoms with E-state index in [4.69, 9.17) is 21.1 Å². The highest BCUT2D eigenvalue weighted by molar-refractivity contribution is 6.31. The summed E-state index contributed by atoms with van der Waals surface area (Å²) in [4.78, 5) is 18.0. The Hall–Kier alpha value is -2.31. The van der Waals surface area contributed by atoms with Gasteiger partial charge in [0.1, 0.15) is 6.61 Å². The molecule has 0 aliphatic carbocycles. The normalized spacial score (nSPS) is 10.4. The molecule has 0 spiro atoms. The molecule has 0 atom stereocenters. The molecule has 0 saturated carbocycles. The molecule has 0 saturated heterocycles. The number of hydrogen-bond acceptors (Lipinski definition) is 4. The van der Waals surface area contributed by atoms with E-state index in [1.165, 1.54) is 0 Å². The van der Waals surface area contributed by atoms with Crippen LogP contribution in [0.15, 0.2) is 42.6 Å². The number of pyridine rings is 1. The van der Waals surface area contributed by atoms with Crippen molar-refractivity contribution in [2.75, 3.05) is 27.4 Å². The van der Waals surface area contributed by atoms with Crippen molar-refractivity contribution in [3.05, 3.63) is 58.7 Å². The van der Waals surface area contributed by atoms with Crippen LogP contribution in [0.2, 0.25) is 5.02 Å². The van der Waals surface area contributed by atoms with Crippen LogP contribution < -0.4 is 10.1 Å². The number of nitrogens with one attached hydrogen (secondary N) is 1. The molecule has 1 aromatic carbocycles. The first-order valence-electron chi connectivity index (χ1n) is 7.89. The van der Waals surface area contributed by atoms with E-state index in [9.17, 15) is 4.79 Å². The van der Waals surface area contributed by atoms with Gasteiger partial charge in [-0.1, -0.05) is 35.9 Å². The van der Waals surface area contributed by atoms with Crippen molar-refractivity contribution in [1.82, 2.24) is 15.2 Å². The zero-order valence-corrected chi connectivity index (χ0v) is 15.1. The topological polar surface area (TPSA) is 63.7 Å². The maximum atomic E-state index is 12.2. The summed E-state index contributed by atoms with van der Waals surface area (Å²) in [5, 5.41) is 3.50. The van der Waals surface area contributed by atoms with E-state index in [2.05, 4.69) is 10.3 Å². The molecule has 0 aliphatic rings. The number of aromatic nitrogens is 1. The molecule has 134 valence electrons. The second kappa shape index (κ2) is 9.86. The first-order chi connectivity index (χ1) is 12.1. The number of rotatable bonds is 8. The monoisotopic (exact) mass is 363 g/mol. The molecule has 1 heterocycles.